The van der Waals surface area contributed by atoms with Gasteiger partial charge in [0.1, 0.15) is 0 Å². The predicted octanol–water partition coefficient (Wildman–Crippen LogP) is 25.1. The fraction of sp³-hybridized carbons (Fsp3) is 0.343. The molecule has 0 bridgehead atoms. The van der Waals surface area contributed by atoms with Crippen LogP contribution in [0.1, 0.15) is 270 Å². The van der Waals surface area contributed by atoms with Gasteiger partial charge in [0.25, 0.3) is 0 Å². The van der Waals surface area contributed by atoms with Crippen molar-refractivity contribution in [2.75, 3.05) is 28.4 Å². The molecule has 0 spiro atoms. The lowest BCUT2D eigenvalue weighted by molar-refractivity contribution is 0.0592. The molecule has 18 rings (SSSR count). The number of carbonyl (C=O) groups excluding carboxylic acids is 4. The van der Waals surface area contributed by atoms with Gasteiger partial charge in [-0.05, 0) is 224 Å². The van der Waals surface area contributed by atoms with Crippen molar-refractivity contribution in [1.82, 2.24) is 34.9 Å². The van der Waals surface area contributed by atoms with E-state index < -0.39 is 17.9 Å². The molecular formula is C99H119N7O14Si. The highest BCUT2D eigenvalue weighted by Gasteiger charge is 2.24. The lowest BCUT2D eigenvalue weighted by Gasteiger charge is -2.21. The Hall–Kier alpha value is -12.4. The minimum atomic E-state index is -0.897. The van der Waals surface area contributed by atoms with E-state index in [0.717, 1.165) is 73.0 Å². The fourth-order valence-electron chi connectivity index (χ4n) is 16.6. The molecule has 7 aromatic carbocycles. The number of ether oxygens (including phenoxy) is 4. The average Bonchev–Trinajstić information content (AvgIpc) is 1.70. The number of nitrogens with one attached hydrogen (secondary N) is 7. The number of allylic oxidation sites excluding steroid dienone is 2. The van der Waals surface area contributed by atoms with Crippen LogP contribution in [0.2, 0.25) is 18.1 Å². The summed E-state index contributed by atoms with van der Waals surface area (Å²) in [5.74, 6) is -1.81. The number of hydrogen-bond donors (Lipinski definition) is 10. The maximum absolute atomic E-state index is 11.5. The number of methoxy groups -OCH3 is 4. The number of esters is 4. The summed E-state index contributed by atoms with van der Waals surface area (Å²) in [5.41, 5.74) is 16.8. The smallest absolute Gasteiger partial charge is 0.337 e. The molecule has 10 N–H and O–H groups in total. The molecule has 3 saturated carbocycles. The third-order valence-corrected chi connectivity index (χ3v) is 26.9. The monoisotopic (exact) mass is 1660 g/mol. The summed E-state index contributed by atoms with van der Waals surface area (Å²) in [6, 6.07) is 48.3. The Labute approximate surface area is 709 Å². The Morgan fingerprint density at radius 3 is 0.917 bits per heavy atom. The van der Waals surface area contributed by atoms with Crippen molar-refractivity contribution in [3.05, 3.63) is 256 Å². The number of carbonyl (C=O) groups is 7. The summed E-state index contributed by atoms with van der Waals surface area (Å²) in [4.78, 5) is 99.8. The first-order chi connectivity index (χ1) is 57.8. The number of carboxylic acids is 3. The van der Waals surface area contributed by atoms with E-state index in [1.165, 1.54) is 200 Å². The van der Waals surface area contributed by atoms with E-state index >= 15 is 0 Å². The molecular weight excluding hydrogens is 1540 g/mol. The van der Waals surface area contributed by atoms with E-state index in [1.54, 1.807) is 73.1 Å². The van der Waals surface area contributed by atoms with Gasteiger partial charge in [0, 0.05) is 118 Å². The van der Waals surface area contributed by atoms with Crippen LogP contribution in [-0.2, 0) is 18.9 Å². The summed E-state index contributed by atoms with van der Waals surface area (Å²) < 4.78 is 18.9. The lowest BCUT2D eigenvalue weighted by atomic mass is 9.84. The van der Waals surface area contributed by atoms with E-state index in [4.69, 9.17) is 29.5 Å². The summed E-state index contributed by atoms with van der Waals surface area (Å²) in [5, 5.41) is 34.3. The minimum absolute atomic E-state index is 0. The molecule has 0 unspecified atom stereocenters. The van der Waals surface area contributed by atoms with Crippen LogP contribution in [0, 0.1) is 0 Å². The maximum Gasteiger partial charge on any atom is 0.337 e. The molecule has 7 aromatic heterocycles. The first-order valence-corrected chi connectivity index (χ1v) is 44.2. The van der Waals surface area contributed by atoms with Crippen LogP contribution in [0.4, 0.5) is 0 Å². The van der Waals surface area contributed by atoms with Gasteiger partial charge in [-0.1, -0.05) is 160 Å². The molecule has 0 saturated heterocycles. The number of carboxylic acid groups (broad SMARTS) is 3. The van der Waals surface area contributed by atoms with Gasteiger partial charge in [-0.2, -0.15) is 0 Å². The van der Waals surface area contributed by atoms with Crippen LogP contribution in [0.25, 0.3) is 81.9 Å². The molecule has 0 aliphatic heterocycles. The van der Waals surface area contributed by atoms with Gasteiger partial charge >= 0.3 is 41.8 Å². The zero-order chi connectivity index (χ0) is 84.3. The number of aromatic carboxylic acids is 3. The van der Waals surface area contributed by atoms with E-state index in [1.807, 2.05) is 97.3 Å². The van der Waals surface area contributed by atoms with Crippen molar-refractivity contribution in [3.8, 4) is 0 Å². The van der Waals surface area contributed by atoms with Crippen LogP contribution in [0.3, 0.4) is 0 Å². The van der Waals surface area contributed by atoms with Gasteiger partial charge in [0.15, 0.2) is 0 Å². The van der Waals surface area contributed by atoms with Crippen LogP contribution in [-0.4, -0.2) is 129 Å². The normalized spacial score (nSPS) is 13.9. The molecule has 14 aromatic rings. The number of rotatable bonds is 14. The summed E-state index contributed by atoms with van der Waals surface area (Å²) in [6.07, 6.45) is 40.6. The van der Waals surface area contributed by atoms with Gasteiger partial charge in [-0.25, -0.2) is 33.6 Å². The fourth-order valence-corrected chi connectivity index (χ4v) is 18.3. The Balaban J connectivity index is 0.000000159. The molecule has 22 heteroatoms. The highest BCUT2D eigenvalue weighted by molar-refractivity contribution is 6.58. The number of benzene rings is 7. The maximum atomic E-state index is 11.5. The molecule has 21 nitrogen and oxygen atoms in total. The van der Waals surface area contributed by atoms with Gasteiger partial charge in [-0.3, -0.25) is 0 Å². The van der Waals surface area contributed by atoms with Crippen molar-refractivity contribution in [2.45, 2.75) is 194 Å². The molecule has 0 amide bonds. The Morgan fingerprint density at radius 2 is 0.612 bits per heavy atom. The Morgan fingerprint density at radius 1 is 0.331 bits per heavy atom. The van der Waals surface area contributed by atoms with Gasteiger partial charge in [0.2, 0.25) is 0 Å². The minimum Gasteiger partial charge on any atom is -0.478 e. The van der Waals surface area contributed by atoms with Crippen molar-refractivity contribution in [3.63, 3.8) is 0 Å². The first kappa shape index (κ1) is 92.4. The van der Waals surface area contributed by atoms with Crippen molar-refractivity contribution in [2.24, 2.45) is 0 Å². The average molecular weight is 1660 g/mol. The third-order valence-electron chi connectivity index (χ3n) is 23.4. The van der Waals surface area contributed by atoms with Crippen molar-refractivity contribution < 1.29 is 67.8 Å². The van der Waals surface area contributed by atoms with Crippen LogP contribution < -0.4 is 0 Å². The molecule has 4 aliphatic carbocycles. The SMILES string of the molecule is C.C.CC[SiH](CC)CC.COC(=O)c1ccc2c(C3CCCCC3)c[nH]c2c1.COC(=O)c1ccc2c(C3CCCCC3)c[nH]c2c1.COC(=O)c1ccc2c(C3CCCCC3)c[nH]c2c1.COC(=O)c1ccc2cc[nH]c2c1.O=C(O)c1ccc2c(C3=CCCCC3)c[nH]c2c1.O=C(O)c1ccc2cc[nH]c2c1.O=C(O)c1ccc2cc[nH]c2c1. The lowest BCUT2D eigenvalue weighted by Crippen LogP contribution is -2.04. The van der Waals surface area contributed by atoms with Crippen molar-refractivity contribution >= 4 is 132 Å². The Kier molecular flexibility index (Phi) is 34.9. The topological polar surface area (TPSA) is 328 Å². The zero-order valence-corrected chi connectivity index (χ0v) is 70.3. The van der Waals surface area contributed by atoms with E-state index in [-0.39, 0.29) is 47.5 Å². The van der Waals surface area contributed by atoms with E-state index in [0.29, 0.717) is 56.7 Å². The number of fused-ring (bicyclic) bond motifs is 7. The third kappa shape index (κ3) is 24.2. The van der Waals surface area contributed by atoms with Gasteiger partial charge in [0.05, 0.1) is 67.4 Å². The number of H-pyrrole nitrogens is 7. The molecule has 121 heavy (non-hydrogen) atoms. The van der Waals surface area contributed by atoms with Crippen LogP contribution in [0.15, 0.2) is 195 Å². The molecule has 7 heterocycles. The summed E-state index contributed by atoms with van der Waals surface area (Å²) in [6.45, 7) is 6.97. The molecule has 3 fully saturated rings. The van der Waals surface area contributed by atoms with E-state index in [9.17, 15) is 33.6 Å². The molecule has 4 aliphatic rings. The second-order valence-corrected chi connectivity index (χ2v) is 34.9. The molecule has 638 valence electrons. The highest BCUT2D eigenvalue weighted by atomic mass is 28.3. The highest BCUT2D eigenvalue weighted by Crippen LogP contribution is 2.40. The second kappa shape index (κ2) is 45.7. The second-order valence-electron chi connectivity index (χ2n) is 30.8. The summed E-state index contributed by atoms with van der Waals surface area (Å²) >= 11 is 0. The van der Waals surface area contributed by atoms with Crippen molar-refractivity contribution in [1.29, 1.82) is 0 Å². The van der Waals surface area contributed by atoms with Crippen LogP contribution >= 0.6 is 0 Å². The number of aromatic amines is 7. The molecule has 0 radical (unpaired) electrons. The standard InChI is InChI=1S/3C16H19NO2.C15H15NO2.C10H9NO2.2C9H7NO2.C6H16Si.2CH4/c3*1-19-16(18)12-7-8-13-14(10-17-15(13)9-12)11-5-3-2-4-6-11;17-15(18)11-6-7-12-13(9-16-14(12)8-11)10-4-2-1-3-5-10;1-13-10(12)8-3-2-7-4-5-11-9(7)6-8;2*11-9(12)7-2-1-6-3-4-10-8(6)5-7;1-4-7(5-2)6-3;;/h3*7-11,17H,2-6H2,1H3;4,6-9,16H,1-3,5H2,(H,17,18);2-6,11H,1H3;2*1-5,10H,(H,11,12);7H,4-6H2,1-3H3;2*1H4. The van der Waals surface area contributed by atoms with Gasteiger partial charge in [-0.15, -0.1) is 0 Å². The largest absolute Gasteiger partial charge is 0.478 e. The van der Waals surface area contributed by atoms with Crippen LogP contribution in [0.5, 0.6) is 0 Å². The first-order valence-electron chi connectivity index (χ1n) is 41.7. The number of hydrogen-bond acceptors (Lipinski definition) is 11. The molecule has 0 atom stereocenters. The predicted molar refractivity (Wildman–Crippen MR) is 490 cm³/mol. The Bertz CT molecular complexity index is 5440. The van der Waals surface area contributed by atoms with E-state index in [2.05, 4.69) is 85.1 Å². The van der Waals surface area contributed by atoms with Gasteiger partial charge < -0.3 is 69.2 Å². The summed E-state index contributed by atoms with van der Waals surface area (Å²) in [7, 11) is 5.44. The number of aromatic nitrogens is 7. The quantitative estimate of drug-likeness (QED) is 0.0275. The zero-order valence-electron chi connectivity index (χ0n) is 69.2.